The molecule has 3 nitrogen and oxygen atoms in total. The van der Waals surface area contributed by atoms with Crippen LogP contribution < -0.4 is 10.1 Å². The molecule has 0 saturated heterocycles. The van der Waals surface area contributed by atoms with Gasteiger partial charge in [0.05, 0.1) is 6.61 Å². The molecule has 21 heavy (non-hydrogen) atoms. The van der Waals surface area contributed by atoms with E-state index in [1.807, 2.05) is 36.5 Å². The predicted molar refractivity (Wildman–Crippen MR) is 86.5 cm³/mol. The molecule has 0 amide bonds. The standard InChI is InChI=1S/C18H24N2O/c1-18(2,3)20-14-15-7-9-17(10-8-15)21-13-11-16-6-4-5-12-19-16/h4-10,12,20H,11,13-14H2,1-3H3. The first-order chi connectivity index (χ1) is 10.0. The summed E-state index contributed by atoms with van der Waals surface area (Å²) in [6, 6.07) is 14.2. The molecule has 1 N–H and O–H groups in total. The van der Waals surface area contributed by atoms with Crippen molar-refractivity contribution in [2.75, 3.05) is 6.61 Å². The molecule has 0 aliphatic rings. The van der Waals surface area contributed by atoms with Gasteiger partial charge in [-0.05, 0) is 50.6 Å². The highest BCUT2D eigenvalue weighted by molar-refractivity contribution is 5.27. The Bertz CT molecular complexity index is 529. The lowest BCUT2D eigenvalue weighted by Crippen LogP contribution is -2.35. The van der Waals surface area contributed by atoms with Gasteiger partial charge in [0.25, 0.3) is 0 Å². The first-order valence-corrected chi connectivity index (χ1v) is 7.40. The van der Waals surface area contributed by atoms with E-state index in [2.05, 4.69) is 43.2 Å². The molecule has 0 atom stereocenters. The number of ether oxygens (including phenoxy) is 1. The van der Waals surface area contributed by atoms with E-state index >= 15 is 0 Å². The summed E-state index contributed by atoms with van der Waals surface area (Å²) in [6.45, 7) is 8.03. The van der Waals surface area contributed by atoms with Crippen LogP contribution >= 0.6 is 0 Å². The molecule has 0 bridgehead atoms. The van der Waals surface area contributed by atoms with Crippen molar-refractivity contribution in [3.8, 4) is 5.75 Å². The van der Waals surface area contributed by atoms with E-state index in [1.165, 1.54) is 5.56 Å². The largest absolute Gasteiger partial charge is 0.493 e. The van der Waals surface area contributed by atoms with Crippen molar-refractivity contribution in [1.82, 2.24) is 10.3 Å². The number of nitrogens with one attached hydrogen (secondary N) is 1. The molecule has 0 unspecified atom stereocenters. The summed E-state index contributed by atoms with van der Waals surface area (Å²) >= 11 is 0. The first-order valence-electron chi connectivity index (χ1n) is 7.40. The van der Waals surface area contributed by atoms with Crippen molar-refractivity contribution in [2.45, 2.75) is 39.3 Å². The zero-order valence-corrected chi connectivity index (χ0v) is 13.1. The molecule has 3 heteroatoms. The number of aromatic nitrogens is 1. The molecule has 1 aromatic carbocycles. The van der Waals surface area contributed by atoms with Crippen molar-refractivity contribution in [2.24, 2.45) is 0 Å². The molecule has 2 aromatic rings. The van der Waals surface area contributed by atoms with Crippen LogP contribution in [0.1, 0.15) is 32.0 Å². The Hall–Kier alpha value is -1.87. The maximum Gasteiger partial charge on any atom is 0.119 e. The molecule has 0 saturated carbocycles. The highest BCUT2D eigenvalue weighted by atomic mass is 16.5. The van der Waals surface area contributed by atoms with E-state index in [9.17, 15) is 0 Å². The monoisotopic (exact) mass is 284 g/mol. The second kappa shape index (κ2) is 7.23. The Morgan fingerprint density at radius 2 is 1.81 bits per heavy atom. The molecule has 1 heterocycles. The van der Waals surface area contributed by atoms with Crippen LogP contribution in [0.3, 0.4) is 0 Å². The van der Waals surface area contributed by atoms with E-state index < -0.39 is 0 Å². The van der Waals surface area contributed by atoms with Crippen molar-refractivity contribution in [3.05, 3.63) is 59.9 Å². The highest BCUT2D eigenvalue weighted by Gasteiger charge is 2.08. The lowest BCUT2D eigenvalue weighted by atomic mass is 10.1. The summed E-state index contributed by atoms with van der Waals surface area (Å²) in [4.78, 5) is 4.28. The van der Waals surface area contributed by atoms with Crippen LogP contribution in [0.2, 0.25) is 0 Å². The Balaban J connectivity index is 1.77. The van der Waals surface area contributed by atoms with Gasteiger partial charge in [-0.25, -0.2) is 0 Å². The van der Waals surface area contributed by atoms with Crippen LogP contribution in [0.5, 0.6) is 5.75 Å². The summed E-state index contributed by atoms with van der Waals surface area (Å²) in [5, 5.41) is 3.47. The van der Waals surface area contributed by atoms with Gasteiger partial charge in [0, 0.05) is 30.4 Å². The quantitative estimate of drug-likeness (QED) is 0.880. The van der Waals surface area contributed by atoms with Gasteiger partial charge < -0.3 is 10.1 Å². The number of hydrogen-bond acceptors (Lipinski definition) is 3. The van der Waals surface area contributed by atoms with E-state index in [1.54, 1.807) is 0 Å². The molecule has 112 valence electrons. The minimum absolute atomic E-state index is 0.137. The van der Waals surface area contributed by atoms with Gasteiger partial charge in [-0.1, -0.05) is 18.2 Å². The highest BCUT2D eigenvalue weighted by Crippen LogP contribution is 2.13. The van der Waals surface area contributed by atoms with Crippen LogP contribution in [0, 0.1) is 0 Å². The van der Waals surface area contributed by atoms with Gasteiger partial charge in [-0.2, -0.15) is 0 Å². The minimum Gasteiger partial charge on any atom is -0.493 e. The summed E-state index contributed by atoms with van der Waals surface area (Å²) in [7, 11) is 0. The van der Waals surface area contributed by atoms with Crippen molar-refractivity contribution in [3.63, 3.8) is 0 Å². The Kier molecular flexibility index (Phi) is 5.34. The molecule has 0 aliphatic carbocycles. The van der Waals surface area contributed by atoms with Crippen LogP contribution in [-0.2, 0) is 13.0 Å². The van der Waals surface area contributed by atoms with Crippen molar-refractivity contribution in [1.29, 1.82) is 0 Å². The van der Waals surface area contributed by atoms with Gasteiger partial charge in [0.2, 0.25) is 0 Å². The molecule has 0 spiro atoms. The maximum atomic E-state index is 5.75. The summed E-state index contributed by atoms with van der Waals surface area (Å²) in [6.07, 6.45) is 2.64. The average molecular weight is 284 g/mol. The Morgan fingerprint density at radius 1 is 1.05 bits per heavy atom. The lowest BCUT2D eigenvalue weighted by molar-refractivity contribution is 0.320. The zero-order chi connectivity index (χ0) is 15.1. The fourth-order valence-electron chi connectivity index (χ4n) is 1.89. The normalized spacial score (nSPS) is 11.4. The van der Waals surface area contributed by atoms with Crippen molar-refractivity contribution >= 4 is 0 Å². The third kappa shape index (κ3) is 5.96. The topological polar surface area (TPSA) is 34.1 Å². The molecule has 0 radical (unpaired) electrons. The van der Waals surface area contributed by atoms with Crippen LogP contribution in [0.25, 0.3) is 0 Å². The van der Waals surface area contributed by atoms with Crippen LogP contribution in [0.15, 0.2) is 48.7 Å². The smallest absolute Gasteiger partial charge is 0.119 e. The maximum absolute atomic E-state index is 5.75. The molecule has 2 rings (SSSR count). The molecule has 1 aromatic heterocycles. The Labute approximate surface area is 127 Å². The number of pyridine rings is 1. The fraction of sp³-hybridized carbons (Fsp3) is 0.389. The Morgan fingerprint density at radius 3 is 2.43 bits per heavy atom. The fourth-order valence-corrected chi connectivity index (χ4v) is 1.89. The number of benzene rings is 1. The van der Waals surface area contributed by atoms with E-state index in [0.29, 0.717) is 6.61 Å². The molecular formula is C18H24N2O. The van der Waals surface area contributed by atoms with Gasteiger partial charge in [0.1, 0.15) is 5.75 Å². The summed E-state index contributed by atoms with van der Waals surface area (Å²) in [5.74, 6) is 0.908. The first kappa shape index (κ1) is 15.5. The second-order valence-corrected chi connectivity index (χ2v) is 6.17. The number of nitrogens with zero attached hydrogens (tertiary/aromatic N) is 1. The van der Waals surface area contributed by atoms with Crippen molar-refractivity contribution < 1.29 is 4.74 Å². The van der Waals surface area contributed by atoms with Gasteiger partial charge >= 0.3 is 0 Å². The van der Waals surface area contributed by atoms with Gasteiger partial charge in [0.15, 0.2) is 0 Å². The van der Waals surface area contributed by atoms with E-state index in [-0.39, 0.29) is 5.54 Å². The molecule has 0 aliphatic heterocycles. The van der Waals surface area contributed by atoms with E-state index in [4.69, 9.17) is 4.74 Å². The van der Waals surface area contributed by atoms with Gasteiger partial charge in [-0.15, -0.1) is 0 Å². The third-order valence-electron chi connectivity index (χ3n) is 3.10. The summed E-state index contributed by atoms with van der Waals surface area (Å²) < 4.78 is 5.75. The predicted octanol–water partition coefficient (Wildman–Crippen LogP) is 3.59. The SMILES string of the molecule is CC(C)(C)NCc1ccc(OCCc2ccccn2)cc1. The summed E-state index contributed by atoms with van der Waals surface area (Å²) in [5.41, 5.74) is 2.46. The average Bonchev–Trinajstić information content (AvgIpc) is 2.47. The van der Waals surface area contributed by atoms with Crippen LogP contribution in [0.4, 0.5) is 0 Å². The van der Waals surface area contributed by atoms with E-state index in [0.717, 1.165) is 24.4 Å². The third-order valence-corrected chi connectivity index (χ3v) is 3.10. The molecular weight excluding hydrogens is 260 g/mol. The molecule has 0 fully saturated rings. The lowest BCUT2D eigenvalue weighted by Gasteiger charge is -2.20. The number of rotatable bonds is 6. The number of hydrogen-bond donors (Lipinski definition) is 1. The second-order valence-electron chi connectivity index (χ2n) is 6.17. The minimum atomic E-state index is 0.137. The zero-order valence-electron chi connectivity index (χ0n) is 13.1. The van der Waals surface area contributed by atoms with Crippen LogP contribution in [-0.4, -0.2) is 17.1 Å². The van der Waals surface area contributed by atoms with Gasteiger partial charge in [-0.3, -0.25) is 4.98 Å².